The molecule has 0 aromatic carbocycles. The van der Waals surface area contributed by atoms with Crippen molar-refractivity contribution in [3.05, 3.63) is 0 Å². The van der Waals surface area contributed by atoms with Crippen molar-refractivity contribution in [3.63, 3.8) is 0 Å². The summed E-state index contributed by atoms with van der Waals surface area (Å²) in [6.45, 7) is 0.428. The maximum Gasteiger partial charge on any atom is 0.306 e. The quantitative estimate of drug-likeness (QED) is 0.699. The van der Waals surface area contributed by atoms with Gasteiger partial charge in [-0.3, -0.25) is 9.59 Å². The Labute approximate surface area is 95.4 Å². The maximum atomic E-state index is 11.2. The first kappa shape index (κ1) is 12.6. The largest absolute Gasteiger partial charge is 0.481 e. The molecule has 1 saturated carbocycles. The fraction of sp³-hybridized carbons (Fsp3) is 0.667. The van der Waals surface area contributed by atoms with Crippen molar-refractivity contribution in [3.8, 4) is 12.3 Å². The van der Waals surface area contributed by atoms with Gasteiger partial charge in [0.2, 0.25) is 5.91 Å². The summed E-state index contributed by atoms with van der Waals surface area (Å²) in [5.41, 5.74) is 0. The number of rotatable bonds is 4. The molecular weight excluding hydrogens is 206 g/mol. The van der Waals surface area contributed by atoms with Crippen LogP contribution in [0.3, 0.4) is 0 Å². The molecule has 88 valence electrons. The lowest BCUT2D eigenvalue weighted by Crippen LogP contribution is -2.37. The fourth-order valence-electron chi connectivity index (χ4n) is 2.18. The van der Waals surface area contributed by atoms with E-state index in [1.54, 1.807) is 0 Å². The van der Waals surface area contributed by atoms with E-state index in [1.165, 1.54) is 0 Å². The van der Waals surface area contributed by atoms with E-state index in [2.05, 4.69) is 11.2 Å². The predicted octanol–water partition coefficient (Wildman–Crippen LogP) is 1.02. The average molecular weight is 223 g/mol. The van der Waals surface area contributed by atoms with Crippen LogP contribution in [0.5, 0.6) is 0 Å². The van der Waals surface area contributed by atoms with Crippen LogP contribution in [0, 0.1) is 24.2 Å². The van der Waals surface area contributed by atoms with Crippen molar-refractivity contribution in [2.75, 3.05) is 6.54 Å². The zero-order valence-corrected chi connectivity index (χ0v) is 9.24. The lowest BCUT2D eigenvalue weighted by atomic mass is 9.79. The van der Waals surface area contributed by atoms with Gasteiger partial charge in [-0.25, -0.2) is 0 Å². The average Bonchev–Trinajstić information content (AvgIpc) is 2.27. The van der Waals surface area contributed by atoms with Crippen molar-refractivity contribution >= 4 is 11.9 Å². The van der Waals surface area contributed by atoms with E-state index in [1.807, 2.05) is 0 Å². The minimum absolute atomic E-state index is 0.0491. The first-order valence-electron chi connectivity index (χ1n) is 5.58. The molecule has 0 aromatic rings. The van der Waals surface area contributed by atoms with Crippen molar-refractivity contribution in [1.82, 2.24) is 5.32 Å². The van der Waals surface area contributed by atoms with Crippen LogP contribution in [-0.4, -0.2) is 23.5 Å². The standard InChI is InChI=1S/C12H17NO3/c1-2-5-11(14)13-8-9-6-3-4-7-10(9)12(15)16/h1,9-10H,3-8H2,(H,13,14)(H,15,16). The molecule has 0 saturated heterocycles. The zero-order valence-electron chi connectivity index (χ0n) is 9.24. The van der Waals surface area contributed by atoms with Crippen LogP contribution in [0.25, 0.3) is 0 Å². The van der Waals surface area contributed by atoms with Gasteiger partial charge in [-0.1, -0.05) is 18.8 Å². The molecule has 0 aliphatic heterocycles. The number of nitrogens with one attached hydrogen (secondary N) is 1. The smallest absolute Gasteiger partial charge is 0.306 e. The summed E-state index contributed by atoms with van der Waals surface area (Å²) in [6, 6.07) is 0. The molecule has 2 atom stereocenters. The molecule has 4 heteroatoms. The summed E-state index contributed by atoms with van der Waals surface area (Å²) < 4.78 is 0. The summed E-state index contributed by atoms with van der Waals surface area (Å²) >= 11 is 0. The summed E-state index contributed by atoms with van der Waals surface area (Å²) in [7, 11) is 0. The lowest BCUT2D eigenvalue weighted by molar-refractivity contribution is -0.145. The predicted molar refractivity (Wildman–Crippen MR) is 59.5 cm³/mol. The van der Waals surface area contributed by atoms with Crippen LogP contribution in [0.2, 0.25) is 0 Å². The van der Waals surface area contributed by atoms with Crippen LogP contribution in [0.4, 0.5) is 0 Å². The van der Waals surface area contributed by atoms with E-state index in [4.69, 9.17) is 11.5 Å². The van der Waals surface area contributed by atoms with Gasteiger partial charge in [-0.2, -0.15) is 0 Å². The maximum absolute atomic E-state index is 11.2. The Morgan fingerprint density at radius 2 is 2.06 bits per heavy atom. The highest BCUT2D eigenvalue weighted by Crippen LogP contribution is 2.29. The molecule has 0 radical (unpaired) electrons. The topological polar surface area (TPSA) is 66.4 Å². The van der Waals surface area contributed by atoms with E-state index >= 15 is 0 Å². The van der Waals surface area contributed by atoms with Crippen LogP contribution in [-0.2, 0) is 9.59 Å². The Kier molecular flexibility index (Phi) is 4.84. The van der Waals surface area contributed by atoms with Crippen LogP contribution in [0.15, 0.2) is 0 Å². The minimum atomic E-state index is -0.754. The van der Waals surface area contributed by atoms with Gasteiger partial charge >= 0.3 is 5.97 Å². The third-order valence-electron chi connectivity index (χ3n) is 3.05. The molecule has 2 unspecified atom stereocenters. The first-order chi connectivity index (χ1) is 7.65. The molecule has 0 heterocycles. The molecule has 4 nitrogen and oxygen atoms in total. The number of carbonyl (C=O) groups excluding carboxylic acids is 1. The highest BCUT2D eigenvalue weighted by Gasteiger charge is 2.30. The van der Waals surface area contributed by atoms with Gasteiger partial charge in [-0.05, 0) is 18.8 Å². The molecule has 0 spiro atoms. The summed E-state index contributed by atoms with van der Waals surface area (Å²) in [6.07, 6.45) is 8.66. The van der Waals surface area contributed by atoms with E-state index in [0.717, 1.165) is 19.3 Å². The molecule has 1 rings (SSSR count). The Balaban J connectivity index is 2.41. The third-order valence-corrected chi connectivity index (χ3v) is 3.05. The summed E-state index contributed by atoms with van der Waals surface area (Å²) in [4.78, 5) is 22.2. The highest BCUT2D eigenvalue weighted by molar-refractivity contribution is 5.78. The molecule has 1 aliphatic carbocycles. The molecule has 0 bridgehead atoms. The Morgan fingerprint density at radius 3 is 2.69 bits per heavy atom. The van der Waals surface area contributed by atoms with E-state index in [0.29, 0.717) is 13.0 Å². The number of carboxylic acid groups (broad SMARTS) is 1. The van der Waals surface area contributed by atoms with Gasteiger partial charge in [0, 0.05) is 6.54 Å². The van der Waals surface area contributed by atoms with E-state index in [9.17, 15) is 9.59 Å². The van der Waals surface area contributed by atoms with Gasteiger partial charge < -0.3 is 10.4 Å². The number of carbonyl (C=O) groups is 2. The molecule has 16 heavy (non-hydrogen) atoms. The number of hydrogen-bond acceptors (Lipinski definition) is 2. The van der Waals surface area contributed by atoms with Gasteiger partial charge in [0.1, 0.15) is 0 Å². The number of terminal acetylenes is 1. The second-order valence-corrected chi connectivity index (χ2v) is 4.17. The molecule has 1 aliphatic rings. The van der Waals surface area contributed by atoms with Gasteiger partial charge in [0.25, 0.3) is 0 Å². The Morgan fingerprint density at radius 1 is 1.38 bits per heavy atom. The van der Waals surface area contributed by atoms with Gasteiger partial charge in [0.15, 0.2) is 0 Å². The van der Waals surface area contributed by atoms with Crippen molar-refractivity contribution in [2.45, 2.75) is 32.1 Å². The summed E-state index contributed by atoms with van der Waals surface area (Å²) in [5, 5.41) is 11.7. The monoisotopic (exact) mass is 223 g/mol. The molecule has 1 fully saturated rings. The Bertz CT molecular complexity index is 306. The van der Waals surface area contributed by atoms with Gasteiger partial charge in [0.05, 0.1) is 12.3 Å². The Hall–Kier alpha value is -1.50. The molecule has 1 amide bonds. The van der Waals surface area contributed by atoms with Crippen molar-refractivity contribution < 1.29 is 14.7 Å². The number of hydrogen-bond donors (Lipinski definition) is 2. The first-order valence-corrected chi connectivity index (χ1v) is 5.58. The number of carboxylic acids is 1. The SMILES string of the molecule is C#CCC(=O)NCC1CCCCC1C(=O)O. The normalized spacial score (nSPS) is 24.4. The van der Waals surface area contributed by atoms with Crippen LogP contribution < -0.4 is 5.32 Å². The van der Waals surface area contributed by atoms with E-state index in [-0.39, 0.29) is 24.2 Å². The fourth-order valence-corrected chi connectivity index (χ4v) is 2.18. The second kappa shape index (κ2) is 6.16. The van der Waals surface area contributed by atoms with E-state index < -0.39 is 5.97 Å². The zero-order chi connectivity index (χ0) is 12.0. The molecule has 0 aromatic heterocycles. The lowest BCUT2D eigenvalue weighted by Gasteiger charge is -2.28. The van der Waals surface area contributed by atoms with Gasteiger partial charge in [-0.15, -0.1) is 6.42 Å². The molecule has 2 N–H and O–H groups in total. The van der Waals surface area contributed by atoms with Crippen molar-refractivity contribution in [2.24, 2.45) is 11.8 Å². The molecular formula is C12H17NO3. The van der Waals surface area contributed by atoms with Crippen molar-refractivity contribution in [1.29, 1.82) is 0 Å². The number of amides is 1. The van der Waals surface area contributed by atoms with Crippen LogP contribution >= 0.6 is 0 Å². The third kappa shape index (κ3) is 3.58. The highest BCUT2D eigenvalue weighted by atomic mass is 16.4. The van der Waals surface area contributed by atoms with Crippen LogP contribution in [0.1, 0.15) is 32.1 Å². The summed E-state index contributed by atoms with van der Waals surface area (Å²) in [5.74, 6) is 1.04. The number of aliphatic carboxylic acids is 1. The minimum Gasteiger partial charge on any atom is -0.481 e. The second-order valence-electron chi connectivity index (χ2n) is 4.17.